The Labute approximate surface area is 144 Å². The zero-order valence-electron chi connectivity index (χ0n) is 13.0. The predicted molar refractivity (Wildman–Crippen MR) is 90.2 cm³/mol. The molecule has 1 N–H and O–H groups in total. The molecule has 5 nitrogen and oxygen atoms in total. The highest BCUT2D eigenvalue weighted by molar-refractivity contribution is 7.92. The number of aryl methyl sites for hydroxylation is 1. The third kappa shape index (κ3) is 4.94. The van der Waals surface area contributed by atoms with E-state index >= 15 is 0 Å². The van der Waals surface area contributed by atoms with Crippen molar-refractivity contribution in [3.8, 4) is 0 Å². The summed E-state index contributed by atoms with van der Waals surface area (Å²) in [5.74, 6) is -1.01. The van der Waals surface area contributed by atoms with E-state index in [0.29, 0.717) is 11.1 Å². The van der Waals surface area contributed by atoms with Gasteiger partial charge in [0.25, 0.3) is 0 Å². The van der Waals surface area contributed by atoms with Gasteiger partial charge in [-0.2, -0.15) is 0 Å². The van der Waals surface area contributed by atoms with Gasteiger partial charge < -0.3 is 4.74 Å². The van der Waals surface area contributed by atoms with Crippen molar-refractivity contribution < 1.29 is 22.3 Å². The smallest absolute Gasteiger partial charge is 0.338 e. The van der Waals surface area contributed by atoms with Crippen molar-refractivity contribution in [2.75, 3.05) is 11.0 Å². The lowest BCUT2D eigenvalue weighted by molar-refractivity contribution is 0.0472. The second-order valence-corrected chi connectivity index (χ2v) is 7.37. The summed E-state index contributed by atoms with van der Waals surface area (Å²) in [6, 6.07) is 8.29. The van der Waals surface area contributed by atoms with Crippen LogP contribution in [0, 0.1) is 12.7 Å². The number of carbonyl (C=O) groups excluding carboxylic acids is 1. The minimum atomic E-state index is -3.53. The van der Waals surface area contributed by atoms with Crippen LogP contribution in [0.1, 0.15) is 21.5 Å². The van der Waals surface area contributed by atoms with E-state index in [9.17, 15) is 17.6 Å². The van der Waals surface area contributed by atoms with Gasteiger partial charge in [0.15, 0.2) is 0 Å². The number of anilines is 1. The summed E-state index contributed by atoms with van der Waals surface area (Å²) >= 11 is 5.90. The van der Waals surface area contributed by atoms with Gasteiger partial charge in [-0.05, 0) is 48.4 Å². The number of halogens is 2. The topological polar surface area (TPSA) is 72.5 Å². The van der Waals surface area contributed by atoms with Gasteiger partial charge >= 0.3 is 5.97 Å². The van der Waals surface area contributed by atoms with Crippen LogP contribution in [0.2, 0.25) is 5.02 Å². The van der Waals surface area contributed by atoms with Crippen LogP contribution in [0.3, 0.4) is 0 Å². The van der Waals surface area contributed by atoms with Crippen LogP contribution in [0.5, 0.6) is 0 Å². The number of rotatable bonds is 5. The van der Waals surface area contributed by atoms with Crippen LogP contribution in [0.25, 0.3) is 0 Å². The number of ether oxygens (including phenoxy) is 1. The molecule has 0 unspecified atom stereocenters. The standard InChI is InChI=1S/C16H15ClFNO4S/c1-10-7-13(18)5-3-12(10)9-23-16(20)11-4-6-14(17)15(8-11)19-24(2,21)22/h3-8,19H,9H2,1-2H3. The van der Waals surface area contributed by atoms with Crippen molar-refractivity contribution in [1.29, 1.82) is 0 Å². The van der Waals surface area contributed by atoms with Crippen LogP contribution in [0.4, 0.5) is 10.1 Å². The molecular formula is C16H15ClFNO4S. The monoisotopic (exact) mass is 371 g/mol. The van der Waals surface area contributed by atoms with Gasteiger partial charge in [-0.3, -0.25) is 4.72 Å². The Hall–Kier alpha value is -2.12. The van der Waals surface area contributed by atoms with Crippen molar-refractivity contribution in [2.45, 2.75) is 13.5 Å². The molecule has 8 heteroatoms. The molecule has 128 valence electrons. The molecule has 0 bridgehead atoms. The van der Waals surface area contributed by atoms with Crippen molar-refractivity contribution in [3.63, 3.8) is 0 Å². The second-order valence-electron chi connectivity index (χ2n) is 5.22. The molecule has 0 aliphatic carbocycles. The number of hydrogen-bond donors (Lipinski definition) is 1. The SMILES string of the molecule is Cc1cc(F)ccc1COC(=O)c1ccc(Cl)c(NS(C)(=O)=O)c1. The Morgan fingerprint density at radius 1 is 1.25 bits per heavy atom. The molecule has 2 aromatic rings. The molecule has 2 rings (SSSR count). The first-order valence-electron chi connectivity index (χ1n) is 6.85. The maximum Gasteiger partial charge on any atom is 0.338 e. The quantitative estimate of drug-likeness (QED) is 0.816. The summed E-state index contributed by atoms with van der Waals surface area (Å²) < 4.78 is 43.0. The fraction of sp³-hybridized carbons (Fsp3) is 0.188. The minimum Gasteiger partial charge on any atom is -0.457 e. The number of hydrogen-bond acceptors (Lipinski definition) is 4. The Morgan fingerprint density at radius 2 is 1.96 bits per heavy atom. The van der Waals surface area contributed by atoms with Gasteiger partial charge in [0.2, 0.25) is 10.0 Å². The summed E-state index contributed by atoms with van der Waals surface area (Å²) in [6.45, 7) is 1.69. The highest BCUT2D eigenvalue weighted by Gasteiger charge is 2.13. The van der Waals surface area contributed by atoms with E-state index < -0.39 is 16.0 Å². The Bertz CT molecular complexity index is 884. The molecule has 0 fully saturated rings. The van der Waals surface area contributed by atoms with Gasteiger partial charge in [-0.25, -0.2) is 17.6 Å². The van der Waals surface area contributed by atoms with E-state index in [1.54, 1.807) is 6.92 Å². The molecule has 2 aromatic carbocycles. The van der Waals surface area contributed by atoms with Crippen molar-refractivity contribution in [2.24, 2.45) is 0 Å². The zero-order valence-corrected chi connectivity index (χ0v) is 14.5. The molecule has 0 aliphatic rings. The van der Waals surface area contributed by atoms with Gasteiger partial charge in [-0.15, -0.1) is 0 Å². The minimum absolute atomic E-state index is 0.0254. The highest BCUT2D eigenvalue weighted by atomic mass is 35.5. The second kappa shape index (κ2) is 7.19. The van der Waals surface area contributed by atoms with E-state index in [0.717, 1.165) is 6.26 Å². The summed E-state index contributed by atoms with van der Waals surface area (Å²) in [4.78, 5) is 12.1. The summed E-state index contributed by atoms with van der Waals surface area (Å²) in [6.07, 6.45) is 0.978. The molecule has 0 heterocycles. The zero-order chi connectivity index (χ0) is 17.9. The van der Waals surface area contributed by atoms with Gasteiger partial charge in [-0.1, -0.05) is 17.7 Å². The number of esters is 1. The highest BCUT2D eigenvalue weighted by Crippen LogP contribution is 2.24. The summed E-state index contributed by atoms with van der Waals surface area (Å²) in [5.41, 5.74) is 1.57. The van der Waals surface area contributed by atoms with E-state index in [1.165, 1.54) is 36.4 Å². The van der Waals surface area contributed by atoms with Gasteiger partial charge in [0.05, 0.1) is 22.5 Å². The largest absolute Gasteiger partial charge is 0.457 e. The molecule has 0 aliphatic heterocycles. The molecule has 0 saturated heterocycles. The molecule has 0 spiro atoms. The van der Waals surface area contributed by atoms with E-state index in [1.807, 2.05) is 0 Å². The van der Waals surface area contributed by atoms with Crippen molar-refractivity contribution >= 4 is 33.3 Å². The molecular weight excluding hydrogens is 357 g/mol. The van der Waals surface area contributed by atoms with Gasteiger partial charge in [0.1, 0.15) is 12.4 Å². The molecule has 0 aromatic heterocycles. The van der Waals surface area contributed by atoms with Gasteiger partial charge in [0, 0.05) is 0 Å². The lowest BCUT2D eigenvalue weighted by atomic mass is 10.1. The first kappa shape index (κ1) is 18.2. The van der Waals surface area contributed by atoms with E-state index in [4.69, 9.17) is 16.3 Å². The average molecular weight is 372 g/mol. The number of carbonyl (C=O) groups is 1. The summed E-state index contributed by atoms with van der Waals surface area (Å²) in [7, 11) is -3.53. The molecule has 0 saturated carbocycles. The molecule has 24 heavy (non-hydrogen) atoms. The Balaban J connectivity index is 2.13. The Morgan fingerprint density at radius 3 is 2.58 bits per heavy atom. The van der Waals surface area contributed by atoms with Crippen LogP contribution in [-0.2, 0) is 21.4 Å². The first-order chi connectivity index (χ1) is 11.2. The van der Waals surface area contributed by atoms with Crippen LogP contribution in [0.15, 0.2) is 36.4 Å². The average Bonchev–Trinajstić information content (AvgIpc) is 2.47. The molecule has 0 atom stereocenters. The van der Waals surface area contributed by atoms with E-state index in [2.05, 4.69) is 4.72 Å². The maximum absolute atomic E-state index is 13.1. The normalized spacial score (nSPS) is 11.2. The molecule has 0 amide bonds. The lowest BCUT2D eigenvalue weighted by Gasteiger charge is -2.10. The molecule has 0 radical (unpaired) electrons. The van der Waals surface area contributed by atoms with Crippen LogP contribution < -0.4 is 4.72 Å². The maximum atomic E-state index is 13.1. The fourth-order valence-corrected chi connectivity index (χ4v) is 2.77. The predicted octanol–water partition coefficient (Wildman–Crippen LogP) is 3.52. The third-order valence-corrected chi connectivity index (χ3v) is 4.08. The van der Waals surface area contributed by atoms with Crippen molar-refractivity contribution in [3.05, 3.63) is 63.9 Å². The number of sulfonamides is 1. The lowest BCUT2D eigenvalue weighted by Crippen LogP contribution is -2.11. The third-order valence-electron chi connectivity index (χ3n) is 3.16. The fourth-order valence-electron chi connectivity index (χ4n) is 1.98. The first-order valence-corrected chi connectivity index (χ1v) is 9.12. The van der Waals surface area contributed by atoms with Crippen LogP contribution in [-0.4, -0.2) is 20.6 Å². The van der Waals surface area contributed by atoms with Crippen LogP contribution >= 0.6 is 11.6 Å². The summed E-state index contributed by atoms with van der Waals surface area (Å²) in [5, 5.41) is 0.159. The van der Waals surface area contributed by atoms with E-state index in [-0.39, 0.29) is 28.7 Å². The number of benzene rings is 2. The number of nitrogens with one attached hydrogen (secondary N) is 1. The Kier molecular flexibility index (Phi) is 5.46. The van der Waals surface area contributed by atoms with Crippen molar-refractivity contribution in [1.82, 2.24) is 0 Å².